The molecule has 0 aromatic carbocycles. The lowest BCUT2D eigenvalue weighted by Crippen LogP contribution is -2.30. The van der Waals surface area contributed by atoms with Crippen LogP contribution in [0.2, 0.25) is 0 Å². The monoisotopic (exact) mass is 257 g/mol. The standard InChI is InChI=1S/C9H12BrN3O/c10-5-9(1-2-9)6-11-8(14)7-3-12-13-4-7/h3-4H,1-2,5-6H2,(H,11,14)(H,12,13). The fraction of sp³-hybridized carbons (Fsp3) is 0.556. The van der Waals surface area contributed by atoms with Gasteiger partial charge in [0.1, 0.15) is 0 Å². The van der Waals surface area contributed by atoms with Crippen molar-refractivity contribution in [3.05, 3.63) is 18.0 Å². The van der Waals surface area contributed by atoms with Gasteiger partial charge in [0.2, 0.25) is 0 Å². The molecule has 0 radical (unpaired) electrons. The molecule has 1 aliphatic rings. The molecule has 1 heterocycles. The summed E-state index contributed by atoms with van der Waals surface area (Å²) in [6.07, 6.45) is 5.53. The lowest BCUT2D eigenvalue weighted by molar-refractivity contribution is 0.0946. The van der Waals surface area contributed by atoms with Crippen LogP contribution in [0.5, 0.6) is 0 Å². The smallest absolute Gasteiger partial charge is 0.254 e. The summed E-state index contributed by atoms with van der Waals surface area (Å²) in [4.78, 5) is 11.5. The summed E-state index contributed by atoms with van der Waals surface area (Å²) in [5.41, 5.74) is 0.912. The number of amides is 1. The lowest BCUT2D eigenvalue weighted by Gasteiger charge is -2.11. The van der Waals surface area contributed by atoms with E-state index in [4.69, 9.17) is 0 Å². The number of carbonyl (C=O) groups is 1. The van der Waals surface area contributed by atoms with Crippen LogP contribution in [0, 0.1) is 5.41 Å². The second-order valence-corrected chi connectivity index (χ2v) is 4.36. The van der Waals surface area contributed by atoms with Crippen LogP contribution in [0.3, 0.4) is 0 Å². The van der Waals surface area contributed by atoms with E-state index < -0.39 is 0 Å². The van der Waals surface area contributed by atoms with Gasteiger partial charge in [-0.2, -0.15) is 5.10 Å². The minimum absolute atomic E-state index is 0.0500. The highest BCUT2D eigenvalue weighted by Gasteiger charge is 2.41. The van der Waals surface area contributed by atoms with Gasteiger partial charge in [-0.3, -0.25) is 9.89 Å². The van der Waals surface area contributed by atoms with Crippen molar-refractivity contribution < 1.29 is 4.79 Å². The van der Waals surface area contributed by atoms with Crippen molar-refractivity contribution in [1.29, 1.82) is 0 Å². The second-order valence-electron chi connectivity index (χ2n) is 3.80. The fourth-order valence-electron chi connectivity index (χ4n) is 1.28. The van der Waals surface area contributed by atoms with Crippen LogP contribution in [-0.4, -0.2) is 28.0 Å². The Labute approximate surface area is 90.6 Å². The van der Waals surface area contributed by atoms with E-state index in [1.165, 1.54) is 19.0 Å². The van der Waals surface area contributed by atoms with Gasteiger partial charge in [-0.1, -0.05) is 15.9 Å². The van der Waals surface area contributed by atoms with Crippen molar-refractivity contribution in [3.8, 4) is 0 Å². The first-order valence-electron chi connectivity index (χ1n) is 4.59. The van der Waals surface area contributed by atoms with Gasteiger partial charge in [-0.05, 0) is 18.3 Å². The molecule has 1 aromatic rings. The van der Waals surface area contributed by atoms with E-state index >= 15 is 0 Å². The van der Waals surface area contributed by atoms with Crippen LogP contribution in [0.25, 0.3) is 0 Å². The van der Waals surface area contributed by atoms with Crippen LogP contribution in [0.15, 0.2) is 12.4 Å². The molecule has 2 rings (SSSR count). The summed E-state index contributed by atoms with van der Waals surface area (Å²) in [5.74, 6) is -0.0500. The molecule has 0 atom stereocenters. The first-order valence-corrected chi connectivity index (χ1v) is 5.71. The van der Waals surface area contributed by atoms with Crippen molar-refractivity contribution in [2.45, 2.75) is 12.8 Å². The lowest BCUT2D eigenvalue weighted by atomic mass is 10.1. The molecule has 1 fully saturated rings. The van der Waals surface area contributed by atoms with Gasteiger partial charge >= 0.3 is 0 Å². The minimum Gasteiger partial charge on any atom is -0.351 e. The zero-order valence-electron chi connectivity index (χ0n) is 7.72. The highest BCUT2D eigenvalue weighted by Crippen LogP contribution is 2.46. The number of carbonyl (C=O) groups excluding carboxylic acids is 1. The van der Waals surface area contributed by atoms with Crippen LogP contribution in [0.4, 0.5) is 0 Å². The molecule has 1 amide bonds. The fourth-order valence-corrected chi connectivity index (χ4v) is 2.04. The van der Waals surface area contributed by atoms with E-state index in [9.17, 15) is 4.79 Å². The Morgan fingerprint density at radius 3 is 3.00 bits per heavy atom. The molecular formula is C9H12BrN3O. The highest BCUT2D eigenvalue weighted by atomic mass is 79.9. The first kappa shape index (κ1) is 9.71. The van der Waals surface area contributed by atoms with Crippen LogP contribution in [0.1, 0.15) is 23.2 Å². The summed E-state index contributed by atoms with van der Waals surface area (Å²) in [6.45, 7) is 0.752. The largest absolute Gasteiger partial charge is 0.351 e. The van der Waals surface area contributed by atoms with Gasteiger partial charge in [-0.15, -0.1) is 0 Å². The maximum absolute atomic E-state index is 11.5. The van der Waals surface area contributed by atoms with Crippen molar-refractivity contribution >= 4 is 21.8 Å². The Morgan fingerprint density at radius 1 is 1.71 bits per heavy atom. The van der Waals surface area contributed by atoms with Crippen molar-refractivity contribution in [2.24, 2.45) is 5.41 Å². The Morgan fingerprint density at radius 2 is 2.50 bits per heavy atom. The molecule has 0 spiro atoms. The molecule has 0 aliphatic heterocycles. The first-order chi connectivity index (χ1) is 6.76. The summed E-state index contributed by atoms with van der Waals surface area (Å²) in [6, 6.07) is 0. The third-order valence-corrected chi connectivity index (χ3v) is 3.81. The number of halogens is 1. The predicted molar refractivity (Wildman–Crippen MR) is 56.4 cm³/mol. The third-order valence-electron chi connectivity index (χ3n) is 2.62. The molecule has 14 heavy (non-hydrogen) atoms. The maximum atomic E-state index is 11.5. The molecular weight excluding hydrogens is 246 g/mol. The number of nitrogens with one attached hydrogen (secondary N) is 2. The van der Waals surface area contributed by atoms with Gasteiger partial charge in [0.15, 0.2) is 0 Å². The normalized spacial score (nSPS) is 17.8. The molecule has 4 nitrogen and oxygen atoms in total. The van der Waals surface area contributed by atoms with Gasteiger partial charge in [0.05, 0.1) is 11.8 Å². The molecule has 5 heteroatoms. The van der Waals surface area contributed by atoms with E-state index in [0.717, 1.165) is 11.9 Å². The molecule has 0 bridgehead atoms. The second kappa shape index (κ2) is 3.73. The SMILES string of the molecule is O=C(NCC1(CBr)CC1)c1cn[nH]c1. The average molecular weight is 258 g/mol. The van der Waals surface area contributed by atoms with E-state index in [-0.39, 0.29) is 5.91 Å². The van der Waals surface area contributed by atoms with E-state index in [0.29, 0.717) is 11.0 Å². The van der Waals surface area contributed by atoms with Gasteiger partial charge < -0.3 is 5.32 Å². The zero-order chi connectivity index (χ0) is 10.0. The van der Waals surface area contributed by atoms with E-state index in [1.54, 1.807) is 6.20 Å². The highest BCUT2D eigenvalue weighted by molar-refractivity contribution is 9.09. The Balaban J connectivity index is 1.84. The van der Waals surface area contributed by atoms with Gasteiger partial charge in [-0.25, -0.2) is 0 Å². The van der Waals surface area contributed by atoms with E-state index in [1.807, 2.05) is 0 Å². The van der Waals surface area contributed by atoms with Crippen LogP contribution >= 0.6 is 15.9 Å². The number of aromatic amines is 1. The number of H-pyrrole nitrogens is 1. The number of hydrogen-bond acceptors (Lipinski definition) is 2. The summed E-state index contributed by atoms with van der Waals surface area (Å²) in [7, 11) is 0. The quantitative estimate of drug-likeness (QED) is 0.800. The summed E-state index contributed by atoms with van der Waals surface area (Å²) >= 11 is 3.46. The van der Waals surface area contributed by atoms with Crippen molar-refractivity contribution in [2.75, 3.05) is 11.9 Å². The molecule has 1 saturated carbocycles. The Hall–Kier alpha value is -0.840. The maximum Gasteiger partial charge on any atom is 0.254 e. The molecule has 0 saturated heterocycles. The third kappa shape index (κ3) is 1.97. The predicted octanol–water partition coefficient (Wildman–Crippen LogP) is 1.31. The minimum atomic E-state index is -0.0500. The molecule has 1 aliphatic carbocycles. The Bertz CT molecular complexity index is 319. The van der Waals surface area contributed by atoms with E-state index in [2.05, 4.69) is 31.4 Å². The van der Waals surface area contributed by atoms with Crippen LogP contribution < -0.4 is 5.32 Å². The number of rotatable bonds is 4. The topological polar surface area (TPSA) is 57.8 Å². The number of alkyl halides is 1. The van der Waals surface area contributed by atoms with Crippen molar-refractivity contribution in [3.63, 3.8) is 0 Å². The van der Waals surface area contributed by atoms with Gasteiger partial charge in [0, 0.05) is 18.1 Å². The zero-order valence-corrected chi connectivity index (χ0v) is 9.30. The number of hydrogen-bond donors (Lipinski definition) is 2. The molecule has 76 valence electrons. The summed E-state index contributed by atoms with van der Waals surface area (Å²) in [5, 5.41) is 10.2. The molecule has 2 N–H and O–H groups in total. The van der Waals surface area contributed by atoms with Gasteiger partial charge in [0.25, 0.3) is 5.91 Å². The Kier molecular flexibility index (Phi) is 2.58. The molecule has 0 unspecified atom stereocenters. The van der Waals surface area contributed by atoms with Crippen molar-refractivity contribution in [1.82, 2.24) is 15.5 Å². The summed E-state index contributed by atoms with van der Waals surface area (Å²) < 4.78 is 0. The average Bonchev–Trinajstić information content (AvgIpc) is 2.78. The number of nitrogens with zero attached hydrogens (tertiary/aromatic N) is 1. The molecule has 1 aromatic heterocycles. The number of aromatic nitrogens is 2. The van der Waals surface area contributed by atoms with Crippen LogP contribution in [-0.2, 0) is 0 Å².